The normalized spacial score (nSPS) is 25.1. The van der Waals surface area contributed by atoms with E-state index in [4.69, 9.17) is 14.2 Å². The summed E-state index contributed by atoms with van der Waals surface area (Å²) >= 11 is 0. The average Bonchev–Trinajstić information content (AvgIpc) is 2.77. The highest BCUT2D eigenvalue weighted by Gasteiger charge is 2.43. The third-order valence-electron chi connectivity index (χ3n) is 3.78. The van der Waals surface area contributed by atoms with Crippen LogP contribution in [0.4, 0.5) is 0 Å². The number of rotatable bonds is 2. The van der Waals surface area contributed by atoms with Crippen molar-refractivity contribution in [2.24, 2.45) is 0 Å². The van der Waals surface area contributed by atoms with E-state index in [1.165, 1.54) is 0 Å². The van der Waals surface area contributed by atoms with Gasteiger partial charge in [0.2, 0.25) is 0 Å². The minimum atomic E-state index is -0.324. The zero-order valence-corrected chi connectivity index (χ0v) is 10.6. The molecule has 4 heteroatoms. The van der Waals surface area contributed by atoms with E-state index >= 15 is 0 Å². The lowest BCUT2D eigenvalue weighted by molar-refractivity contribution is -0.127. The second-order valence-corrected chi connectivity index (χ2v) is 4.74. The highest BCUT2D eigenvalue weighted by Crippen LogP contribution is 2.50. The van der Waals surface area contributed by atoms with Crippen molar-refractivity contribution in [2.75, 3.05) is 14.2 Å². The van der Waals surface area contributed by atoms with E-state index in [1.807, 2.05) is 12.1 Å². The van der Waals surface area contributed by atoms with Crippen LogP contribution in [0.3, 0.4) is 0 Å². The Morgan fingerprint density at radius 1 is 1.28 bits per heavy atom. The number of fused-ring (bicyclic) bond motifs is 3. The Morgan fingerprint density at radius 3 is 2.83 bits per heavy atom. The fraction of sp³-hybridized carbons (Fsp3) is 0.500. The van der Waals surface area contributed by atoms with Crippen molar-refractivity contribution >= 4 is 5.78 Å². The zero-order chi connectivity index (χ0) is 12.7. The van der Waals surface area contributed by atoms with E-state index in [0.717, 1.165) is 29.9 Å². The van der Waals surface area contributed by atoms with Crippen molar-refractivity contribution in [1.29, 1.82) is 0 Å². The fourth-order valence-electron chi connectivity index (χ4n) is 2.92. The molecule has 0 aromatic heterocycles. The van der Waals surface area contributed by atoms with Crippen LogP contribution in [0.25, 0.3) is 0 Å². The molecule has 1 aliphatic carbocycles. The van der Waals surface area contributed by atoms with Gasteiger partial charge in [-0.25, -0.2) is 0 Å². The van der Waals surface area contributed by atoms with Gasteiger partial charge in [0.1, 0.15) is 17.2 Å². The van der Waals surface area contributed by atoms with Gasteiger partial charge in [0.25, 0.3) is 0 Å². The van der Waals surface area contributed by atoms with Gasteiger partial charge in [-0.15, -0.1) is 0 Å². The summed E-state index contributed by atoms with van der Waals surface area (Å²) in [6.45, 7) is 0. The summed E-state index contributed by atoms with van der Waals surface area (Å²) in [6.07, 6.45) is 2.20. The highest BCUT2D eigenvalue weighted by atomic mass is 16.5. The van der Waals surface area contributed by atoms with Crippen molar-refractivity contribution in [2.45, 2.75) is 31.3 Å². The predicted molar refractivity (Wildman–Crippen MR) is 65.6 cm³/mol. The first kappa shape index (κ1) is 11.4. The molecule has 2 aliphatic rings. The molecule has 0 spiro atoms. The number of ketones is 1. The third-order valence-corrected chi connectivity index (χ3v) is 3.78. The molecule has 0 amide bonds. The maximum absolute atomic E-state index is 11.9. The summed E-state index contributed by atoms with van der Waals surface area (Å²) in [7, 11) is 3.24. The van der Waals surface area contributed by atoms with Gasteiger partial charge < -0.3 is 14.2 Å². The number of Topliss-reactive ketones (excluding diaryl/α,β-unsaturated/α-hetero) is 1. The standard InChI is InChI=1S/C14H16O4/c1-16-8-6-11(17-2)13-9-4-3-5-10(15)14(9)18-12(13)7-8/h6-7,9,14H,3-5H2,1-2H3/t9-,14+/m0/s1. The van der Waals surface area contributed by atoms with Crippen LogP contribution in [0.15, 0.2) is 12.1 Å². The van der Waals surface area contributed by atoms with E-state index in [2.05, 4.69) is 0 Å². The van der Waals surface area contributed by atoms with Gasteiger partial charge in [0.15, 0.2) is 11.9 Å². The summed E-state index contributed by atoms with van der Waals surface area (Å²) in [5, 5.41) is 0. The molecule has 0 bridgehead atoms. The number of hydrogen-bond acceptors (Lipinski definition) is 4. The molecule has 3 rings (SSSR count). The van der Waals surface area contributed by atoms with Crippen LogP contribution in [0.1, 0.15) is 30.7 Å². The summed E-state index contributed by atoms with van der Waals surface area (Å²) in [6, 6.07) is 3.69. The van der Waals surface area contributed by atoms with Crippen LogP contribution in [0.5, 0.6) is 17.2 Å². The number of benzene rings is 1. The fourth-order valence-corrected chi connectivity index (χ4v) is 2.92. The minimum absolute atomic E-state index is 0.141. The molecule has 0 saturated heterocycles. The number of carbonyl (C=O) groups excluding carboxylic acids is 1. The van der Waals surface area contributed by atoms with Crippen molar-refractivity contribution < 1.29 is 19.0 Å². The first-order chi connectivity index (χ1) is 8.74. The second kappa shape index (κ2) is 4.19. The molecule has 2 atom stereocenters. The van der Waals surface area contributed by atoms with E-state index in [9.17, 15) is 4.79 Å². The van der Waals surface area contributed by atoms with E-state index in [1.54, 1.807) is 14.2 Å². The van der Waals surface area contributed by atoms with E-state index in [-0.39, 0.29) is 17.8 Å². The third kappa shape index (κ3) is 1.55. The Bertz CT molecular complexity index is 495. The van der Waals surface area contributed by atoms with Crippen LogP contribution >= 0.6 is 0 Å². The lowest BCUT2D eigenvalue weighted by Crippen LogP contribution is -2.32. The molecule has 96 valence electrons. The molecule has 4 nitrogen and oxygen atoms in total. The molecule has 1 heterocycles. The Balaban J connectivity index is 2.08. The quantitative estimate of drug-likeness (QED) is 0.805. The number of ether oxygens (including phenoxy) is 3. The second-order valence-electron chi connectivity index (χ2n) is 4.74. The SMILES string of the molecule is COc1cc(OC)c2c(c1)O[C@H]1C(=O)CCC[C@@H]21. The Labute approximate surface area is 106 Å². The molecule has 1 saturated carbocycles. The van der Waals surface area contributed by atoms with E-state index < -0.39 is 0 Å². The van der Waals surface area contributed by atoms with Crippen molar-refractivity contribution in [3.63, 3.8) is 0 Å². The molecular weight excluding hydrogens is 232 g/mol. The Morgan fingerprint density at radius 2 is 2.11 bits per heavy atom. The smallest absolute Gasteiger partial charge is 0.173 e. The molecule has 1 fully saturated rings. The first-order valence-corrected chi connectivity index (χ1v) is 6.20. The molecule has 1 aromatic rings. The first-order valence-electron chi connectivity index (χ1n) is 6.20. The van der Waals surface area contributed by atoms with Gasteiger partial charge in [-0.1, -0.05) is 0 Å². The molecular formula is C14H16O4. The van der Waals surface area contributed by atoms with Crippen LogP contribution in [0.2, 0.25) is 0 Å². The largest absolute Gasteiger partial charge is 0.496 e. The summed E-state index contributed by atoms with van der Waals surface area (Å²) in [5.41, 5.74) is 1.02. The van der Waals surface area contributed by atoms with Gasteiger partial charge in [0, 0.05) is 30.0 Å². The van der Waals surface area contributed by atoms with Crippen LogP contribution in [-0.2, 0) is 4.79 Å². The van der Waals surface area contributed by atoms with Crippen molar-refractivity contribution in [1.82, 2.24) is 0 Å². The molecule has 0 radical (unpaired) electrons. The number of carbonyl (C=O) groups is 1. The Hall–Kier alpha value is -1.71. The molecule has 0 N–H and O–H groups in total. The summed E-state index contributed by atoms with van der Waals surface area (Å²) < 4.78 is 16.4. The zero-order valence-electron chi connectivity index (χ0n) is 10.6. The lowest BCUT2D eigenvalue weighted by Gasteiger charge is -2.23. The summed E-state index contributed by atoms with van der Waals surface area (Å²) in [5.74, 6) is 2.52. The van der Waals surface area contributed by atoms with Gasteiger partial charge in [-0.3, -0.25) is 4.79 Å². The van der Waals surface area contributed by atoms with Gasteiger partial charge in [0.05, 0.1) is 14.2 Å². The minimum Gasteiger partial charge on any atom is -0.496 e. The lowest BCUT2D eigenvalue weighted by atomic mass is 9.82. The van der Waals surface area contributed by atoms with Crippen molar-refractivity contribution in [3.05, 3.63) is 17.7 Å². The van der Waals surface area contributed by atoms with Crippen LogP contribution in [-0.4, -0.2) is 26.1 Å². The molecule has 1 aromatic carbocycles. The van der Waals surface area contributed by atoms with Crippen LogP contribution < -0.4 is 14.2 Å². The molecule has 0 unspecified atom stereocenters. The predicted octanol–water partition coefficient (Wildman–Crippen LogP) is 2.30. The monoisotopic (exact) mass is 248 g/mol. The topological polar surface area (TPSA) is 44.8 Å². The van der Waals surface area contributed by atoms with Crippen LogP contribution in [0, 0.1) is 0 Å². The summed E-state index contributed by atoms with van der Waals surface area (Å²) in [4.78, 5) is 11.9. The van der Waals surface area contributed by atoms with E-state index in [0.29, 0.717) is 12.2 Å². The maximum atomic E-state index is 11.9. The van der Waals surface area contributed by atoms with Crippen molar-refractivity contribution in [3.8, 4) is 17.2 Å². The number of hydrogen-bond donors (Lipinski definition) is 0. The highest BCUT2D eigenvalue weighted by molar-refractivity contribution is 5.87. The van der Waals surface area contributed by atoms with Gasteiger partial charge in [-0.2, -0.15) is 0 Å². The molecule has 18 heavy (non-hydrogen) atoms. The molecule has 1 aliphatic heterocycles. The average molecular weight is 248 g/mol. The number of methoxy groups -OCH3 is 2. The van der Waals surface area contributed by atoms with Gasteiger partial charge >= 0.3 is 0 Å². The van der Waals surface area contributed by atoms with Gasteiger partial charge in [-0.05, 0) is 12.8 Å². The Kier molecular flexibility index (Phi) is 2.65. The maximum Gasteiger partial charge on any atom is 0.173 e.